The molecule has 0 saturated carbocycles. The molecule has 0 aliphatic carbocycles. The predicted molar refractivity (Wildman–Crippen MR) is 78.6 cm³/mol. The number of hydrogen-bond acceptors (Lipinski definition) is 4. The molecule has 0 saturated heterocycles. The Hall–Kier alpha value is -2.89. The Morgan fingerprint density at radius 2 is 2.05 bits per heavy atom. The number of amides is 1. The summed E-state index contributed by atoms with van der Waals surface area (Å²) in [5.74, 6) is -0.268. The van der Waals surface area contributed by atoms with Crippen LogP contribution in [-0.2, 0) is 0 Å². The monoisotopic (exact) mass is 285 g/mol. The zero-order chi connectivity index (χ0) is 15.2. The van der Waals surface area contributed by atoms with Crippen LogP contribution in [0.4, 0.5) is 0 Å². The summed E-state index contributed by atoms with van der Waals surface area (Å²) in [6.07, 6.45) is 3.10. The van der Waals surface area contributed by atoms with Crippen molar-refractivity contribution in [1.29, 1.82) is 0 Å². The molecule has 108 valence electrons. The molecule has 6 nitrogen and oxygen atoms in total. The lowest BCUT2D eigenvalue weighted by Gasteiger charge is -2.06. The van der Waals surface area contributed by atoms with Crippen molar-refractivity contribution in [1.82, 2.24) is 4.98 Å². The molecule has 2 rings (SSSR count). The average Bonchev–Trinajstić information content (AvgIpc) is 2.48. The predicted octanol–water partition coefficient (Wildman–Crippen LogP) is 1.73. The van der Waals surface area contributed by atoms with Gasteiger partial charge >= 0.3 is 0 Å². The summed E-state index contributed by atoms with van der Waals surface area (Å²) >= 11 is 0. The third kappa shape index (κ3) is 3.56. The van der Waals surface area contributed by atoms with Crippen LogP contribution >= 0.6 is 0 Å². The smallest absolute Gasteiger partial charge is 0.282 e. The standard InChI is InChI=1S/C15H15N3O3/c1-2-21-11-3-4-12(13(19)9-11)15(20)18-14(16)10-5-7-17-8-6-10/h3-9,19H,2H2,1H3,(H2,16,18,20). The normalized spacial score (nSPS) is 11.2. The first-order valence-electron chi connectivity index (χ1n) is 6.36. The van der Waals surface area contributed by atoms with Gasteiger partial charge in [0, 0.05) is 24.0 Å². The molecule has 0 spiro atoms. The SMILES string of the molecule is CCOc1ccc(C(=O)N=C(N)c2ccncc2)c(O)c1. The molecule has 1 heterocycles. The molecule has 0 atom stereocenters. The lowest BCUT2D eigenvalue weighted by Crippen LogP contribution is -2.16. The lowest BCUT2D eigenvalue weighted by molar-refractivity contribution is 0.100. The molecule has 0 aliphatic heterocycles. The third-order valence-electron chi connectivity index (χ3n) is 2.71. The second-order valence-corrected chi connectivity index (χ2v) is 4.15. The number of benzene rings is 1. The fourth-order valence-electron chi connectivity index (χ4n) is 1.71. The highest BCUT2D eigenvalue weighted by molar-refractivity contribution is 6.09. The molecule has 1 aromatic heterocycles. The molecule has 3 N–H and O–H groups in total. The molecule has 21 heavy (non-hydrogen) atoms. The van der Waals surface area contributed by atoms with Crippen molar-refractivity contribution in [2.45, 2.75) is 6.92 Å². The van der Waals surface area contributed by atoms with E-state index in [0.717, 1.165) is 0 Å². The summed E-state index contributed by atoms with van der Waals surface area (Å²) in [6, 6.07) is 7.70. The molecule has 1 amide bonds. The van der Waals surface area contributed by atoms with Gasteiger partial charge in [-0.15, -0.1) is 0 Å². The number of nitrogens with zero attached hydrogens (tertiary/aromatic N) is 2. The molecule has 2 aromatic rings. The van der Waals surface area contributed by atoms with Crippen LogP contribution in [0.1, 0.15) is 22.8 Å². The van der Waals surface area contributed by atoms with E-state index in [1.165, 1.54) is 12.1 Å². The Balaban J connectivity index is 2.24. The van der Waals surface area contributed by atoms with Crippen LogP contribution in [0.3, 0.4) is 0 Å². The van der Waals surface area contributed by atoms with Gasteiger partial charge in [-0.1, -0.05) is 0 Å². The zero-order valence-corrected chi connectivity index (χ0v) is 11.5. The number of aliphatic imine (C=N–C) groups is 1. The second-order valence-electron chi connectivity index (χ2n) is 4.15. The van der Waals surface area contributed by atoms with Crippen molar-refractivity contribution >= 4 is 11.7 Å². The summed E-state index contributed by atoms with van der Waals surface area (Å²) in [4.78, 5) is 19.7. The van der Waals surface area contributed by atoms with Crippen molar-refractivity contribution in [2.75, 3.05) is 6.61 Å². The number of carbonyl (C=O) groups is 1. The highest BCUT2D eigenvalue weighted by Crippen LogP contribution is 2.24. The fraction of sp³-hybridized carbons (Fsp3) is 0.133. The van der Waals surface area contributed by atoms with E-state index in [1.807, 2.05) is 6.92 Å². The van der Waals surface area contributed by atoms with Crippen LogP contribution in [0.5, 0.6) is 11.5 Å². The molecule has 0 aliphatic rings. The minimum atomic E-state index is -0.620. The molecule has 0 fully saturated rings. The van der Waals surface area contributed by atoms with Gasteiger partial charge in [0.15, 0.2) is 0 Å². The molecule has 0 bridgehead atoms. The Morgan fingerprint density at radius 3 is 2.67 bits per heavy atom. The van der Waals surface area contributed by atoms with E-state index in [4.69, 9.17) is 10.5 Å². The van der Waals surface area contributed by atoms with Crippen LogP contribution in [-0.4, -0.2) is 28.4 Å². The van der Waals surface area contributed by atoms with Crippen LogP contribution in [0, 0.1) is 0 Å². The topological polar surface area (TPSA) is 97.8 Å². The summed E-state index contributed by atoms with van der Waals surface area (Å²) in [5, 5.41) is 9.85. The van der Waals surface area contributed by atoms with Crippen molar-refractivity contribution < 1.29 is 14.6 Å². The summed E-state index contributed by atoms with van der Waals surface area (Å²) < 4.78 is 5.23. The Kier molecular flexibility index (Phi) is 4.50. The van der Waals surface area contributed by atoms with E-state index in [1.54, 1.807) is 30.6 Å². The van der Waals surface area contributed by atoms with E-state index in [0.29, 0.717) is 17.9 Å². The maximum absolute atomic E-state index is 12.0. The van der Waals surface area contributed by atoms with Gasteiger partial charge in [0.25, 0.3) is 5.91 Å². The number of hydrogen-bond donors (Lipinski definition) is 2. The molecule has 1 aromatic carbocycles. The summed E-state index contributed by atoms with van der Waals surface area (Å²) in [5.41, 5.74) is 6.41. The number of amidine groups is 1. The van der Waals surface area contributed by atoms with Gasteiger partial charge in [-0.2, -0.15) is 4.99 Å². The van der Waals surface area contributed by atoms with Gasteiger partial charge in [-0.05, 0) is 31.2 Å². The quantitative estimate of drug-likeness (QED) is 0.658. The summed E-state index contributed by atoms with van der Waals surface area (Å²) in [7, 11) is 0. The van der Waals surface area contributed by atoms with Crippen LogP contribution < -0.4 is 10.5 Å². The van der Waals surface area contributed by atoms with Crippen molar-refractivity contribution in [3.05, 3.63) is 53.9 Å². The first-order chi connectivity index (χ1) is 10.1. The first kappa shape index (κ1) is 14.5. The number of carbonyl (C=O) groups excluding carboxylic acids is 1. The average molecular weight is 285 g/mol. The zero-order valence-electron chi connectivity index (χ0n) is 11.5. The van der Waals surface area contributed by atoms with Gasteiger partial charge in [0.05, 0.1) is 12.2 Å². The number of phenolic OH excluding ortho intramolecular Hbond substituents is 1. The molecular weight excluding hydrogens is 270 g/mol. The second kappa shape index (κ2) is 6.51. The third-order valence-corrected chi connectivity index (χ3v) is 2.71. The van der Waals surface area contributed by atoms with E-state index in [-0.39, 0.29) is 17.1 Å². The summed E-state index contributed by atoms with van der Waals surface area (Å²) in [6.45, 7) is 2.30. The van der Waals surface area contributed by atoms with Crippen LogP contribution in [0.15, 0.2) is 47.7 Å². The Labute approximate surface area is 121 Å². The largest absolute Gasteiger partial charge is 0.507 e. The Morgan fingerprint density at radius 1 is 1.33 bits per heavy atom. The maximum Gasteiger partial charge on any atom is 0.282 e. The minimum Gasteiger partial charge on any atom is -0.507 e. The van der Waals surface area contributed by atoms with Gasteiger partial charge < -0.3 is 15.6 Å². The highest BCUT2D eigenvalue weighted by atomic mass is 16.5. The van der Waals surface area contributed by atoms with Gasteiger partial charge in [0.1, 0.15) is 17.3 Å². The maximum atomic E-state index is 12.0. The molecular formula is C15H15N3O3. The lowest BCUT2D eigenvalue weighted by atomic mass is 10.1. The van der Waals surface area contributed by atoms with Gasteiger partial charge in [-0.25, -0.2) is 0 Å². The van der Waals surface area contributed by atoms with E-state index >= 15 is 0 Å². The number of ether oxygens (including phenoxy) is 1. The van der Waals surface area contributed by atoms with Crippen molar-refractivity contribution in [2.24, 2.45) is 10.7 Å². The van der Waals surface area contributed by atoms with E-state index in [2.05, 4.69) is 9.98 Å². The molecule has 6 heteroatoms. The Bertz CT molecular complexity index is 669. The minimum absolute atomic E-state index is 0.0652. The van der Waals surface area contributed by atoms with Crippen LogP contribution in [0.25, 0.3) is 0 Å². The van der Waals surface area contributed by atoms with Gasteiger partial charge in [0.2, 0.25) is 0 Å². The number of rotatable bonds is 4. The first-order valence-corrected chi connectivity index (χ1v) is 6.36. The van der Waals surface area contributed by atoms with E-state index in [9.17, 15) is 9.90 Å². The van der Waals surface area contributed by atoms with Crippen molar-refractivity contribution in [3.8, 4) is 11.5 Å². The van der Waals surface area contributed by atoms with E-state index < -0.39 is 5.91 Å². The van der Waals surface area contributed by atoms with Crippen LogP contribution in [0.2, 0.25) is 0 Å². The fourth-order valence-corrected chi connectivity index (χ4v) is 1.71. The number of nitrogens with two attached hydrogens (primary N) is 1. The number of pyridine rings is 1. The molecule has 0 radical (unpaired) electrons. The number of aromatic hydroxyl groups is 1. The highest BCUT2D eigenvalue weighted by Gasteiger charge is 2.12. The van der Waals surface area contributed by atoms with Crippen molar-refractivity contribution in [3.63, 3.8) is 0 Å². The van der Waals surface area contributed by atoms with Gasteiger partial charge in [-0.3, -0.25) is 9.78 Å². The number of phenols is 1. The molecule has 0 unspecified atom stereocenters. The number of aromatic nitrogens is 1.